The van der Waals surface area contributed by atoms with Crippen molar-refractivity contribution in [3.8, 4) is 5.75 Å². The van der Waals surface area contributed by atoms with E-state index in [2.05, 4.69) is 27.9 Å². The molecule has 4 nitrogen and oxygen atoms in total. The lowest BCUT2D eigenvalue weighted by atomic mass is 10.2. The standard InChI is InChI=1S/C13H17BrN2O2/c1-15-5-2-6-16(8-7-15)13(18)10-3-4-11(14)12(17)9-10/h3-4,9,17H,2,5-8H2,1H3. The van der Waals surface area contributed by atoms with Gasteiger partial charge in [0, 0.05) is 25.2 Å². The van der Waals surface area contributed by atoms with E-state index < -0.39 is 0 Å². The van der Waals surface area contributed by atoms with Crippen molar-refractivity contribution in [3.63, 3.8) is 0 Å². The van der Waals surface area contributed by atoms with Gasteiger partial charge in [0.25, 0.3) is 5.91 Å². The van der Waals surface area contributed by atoms with Crippen LogP contribution in [0.2, 0.25) is 0 Å². The molecule has 1 saturated heterocycles. The Balaban J connectivity index is 2.12. The number of hydrogen-bond donors (Lipinski definition) is 1. The second-order valence-electron chi connectivity index (χ2n) is 4.62. The first-order chi connectivity index (χ1) is 8.58. The van der Waals surface area contributed by atoms with Gasteiger partial charge in [-0.2, -0.15) is 0 Å². The quantitative estimate of drug-likeness (QED) is 0.862. The molecule has 0 unspecified atom stereocenters. The number of carbonyl (C=O) groups is 1. The van der Waals surface area contributed by atoms with E-state index in [1.165, 1.54) is 6.07 Å². The Morgan fingerprint density at radius 3 is 2.78 bits per heavy atom. The smallest absolute Gasteiger partial charge is 0.254 e. The van der Waals surface area contributed by atoms with Crippen LogP contribution in [-0.2, 0) is 0 Å². The minimum absolute atomic E-state index is 0.00639. The van der Waals surface area contributed by atoms with Crippen LogP contribution < -0.4 is 0 Å². The Kier molecular flexibility index (Phi) is 4.24. The molecule has 1 aromatic carbocycles. The number of rotatable bonds is 1. The molecule has 0 aromatic heterocycles. The average molecular weight is 313 g/mol. The van der Waals surface area contributed by atoms with Gasteiger partial charge in [0.05, 0.1) is 4.47 Å². The number of likely N-dealkylation sites (N-methyl/N-ethyl adjacent to an activating group) is 1. The maximum Gasteiger partial charge on any atom is 0.254 e. The van der Waals surface area contributed by atoms with Gasteiger partial charge in [-0.3, -0.25) is 4.79 Å². The maximum absolute atomic E-state index is 12.3. The van der Waals surface area contributed by atoms with Crippen LogP contribution in [0.5, 0.6) is 5.75 Å². The Labute approximate surface area is 115 Å². The second kappa shape index (κ2) is 5.71. The molecule has 1 amide bonds. The lowest BCUT2D eigenvalue weighted by Crippen LogP contribution is -2.34. The summed E-state index contributed by atoms with van der Waals surface area (Å²) in [6, 6.07) is 4.95. The Morgan fingerprint density at radius 1 is 1.28 bits per heavy atom. The predicted octanol–water partition coefficient (Wildman–Crippen LogP) is 1.93. The molecule has 1 heterocycles. The molecule has 1 N–H and O–H groups in total. The van der Waals surface area contributed by atoms with Gasteiger partial charge >= 0.3 is 0 Å². The van der Waals surface area contributed by atoms with Gasteiger partial charge in [0.15, 0.2) is 0 Å². The number of carbonyl (C=O) groups excluding carboxylic acids is 1. The first kappa shape index (κ1) is 13.4. The van der Waals surface area contributed by atoms with Gasteiger partial charge in [0.2, 0.25) is 0 Å². The molecule has 2 rings (SSSR count). The number of phenols is 1. The van der Waals surface area contributed by atoms with Crippen LogP contribution in [0.1, 0.15) is 16.8 Å². The third-order valence-corrected chi connectivity index (χ3v) is 3.87. The summed E-state index contributed by atoms with van der Waals surface area (Å²) < 4.78 is 0.606. The Bertz CT molecular complexity index is 451. The van der Waals surface area contributed by atoms with Crippen LogP contribution in [-0.4, -0.2) is 54.0 Å². The molecule has 98 valence electrons. The Hall–Kier alpha value is -1.07. The van der Waals surface area contributed by atoms with Crippen molar-refractivity contribution in [2.45, 2.75) is 6.42 Å². The van der Waals surface area contributed by atoms with Gasteiger partial charge in [0.1, 0.15) is 5.75 Å². The summed E-state index contributed by atoms with van der Waals surface area (Å²) in [6.07, 6.45) is 0.991. The summed E-state index contributed by atoms with van der Waals surface area (Å²) in [5.74, 6) is 0.0980. The number of hydrogen-bond acceptors (Lipinski definition) is 3. The van der Waals surface area contributed by atoms with Gasteiger partial charge in [-0.05, 0) is 54.1 Å². The molecule has 0 bridgehead atoms. The van der Waals surface area contributed by atoms with Gasteiger partial charge in [-0.15, -0.1) is 0 Å². The third kappa shape index (κ3) is 3.03. The van der Waals surface area contributed by atoms with Crippen LogP contribution in [0.4, 0.5) is 0 Å². The molecule has 5 heteroatoms. The number of aromatic hydroxyl groups is 1. The van der Waals surface area contributed by atoms with E-state index in [9.17, 15) is 9.90 Å². The van der Waals surface area contributed by atoms with Crippen LogP contribution >= 0.6 is 15.9 Å². The highest BCUT2D eigenvalue weighted by Gasteiger charge is 2.19. The maximum atomic E-state index is 12.3. The van der Waals surface area contributed by atoms with Crippen molar-refractivity contribution in [3.05, 3.63) is 28.2 Å². The summed E-state index contributed by atoms with van der Waals surface area (Å²) >= 11 is 3.21. The minimum Gasteiger partial charge on any atom is -0.507 e. The molecule has 1 aromatic rings. The fourth-order valence-corrected chi connectivity index (χ4v) is 2.32. The molecule has 18 heavy (non-hydrogen) atoms. The fraction of sp³-hybridized carbons (Fsp3) is 0.462. The van der Waals surface area contributed by atoms with Crippen LogP contribution in [0, 0.1) is 0 Å². The summed E-state index contributed by atoms with van der Waals surface area (Å²) in [5.41, 5.74) is 0.542. The number of phenolic OH excluding ortho intramolecular Hbond substituents is 1. The normalized spacial score (nSPS) is 17.6. The molecule has 0 aliphatic carbocycles. The molecule has 1 fully saturated rings. The predicted molar refractivity (Wildman–Crippen MR) is 73.8 cm³/mol. The zero-order valence-corrected chi connectivity index (χ0v) is 12.0. The molecule has 0 radical (unpaired) electrons. The number of benzene rings is 1. The van der Waals surface area contributed by atoms with E-state index in [1.54, 1.807) is 12.1 Å². The SMILES string of the molecule is CN1CCCN(C(=O)c2ccc(Br)c(O)c2)CC1. The van der Waals surface area contributed by atoms with Crippen molar-refractivity contribution in [1.82, 2.24) is 9.80 Å². The molecule has 1 aliphatic rings. The highest BCUT2D eigenvalue weighted by molar-refractivity contribution is 9.10. The Morgan fingerprint density at radius 2 is 2.06 bits per heavy atom. The van der Waals surface area contributed by atoms with E-state index in [0.29, 0.717) is 10.0 Å². The molecule has 0 atom stereocenters. The van der Waals surface area contributed by atoms with Crippen molar-refractivity contribution in [2.24, 2.45) is 0 Å². The van der Waals surface area contributed by atoms with Crippen LogP contribution in [0.25, 0.3) is 0 Å². The second-order valence-corrected chi connectivity index (χ2v) is 5.47. The van der Waals surface area contributed by atoms with Crippen molar-refractivity contribution < 1.29 is 9.90 Å². The largest absolute Gasteiger partial charge is 0.507 e. The monoisotopic (exact) mass is 312 g/mol. The lowest BCUT2D eigenvalue weighted by Gasteiger charge is -2.20. The highest BCUT2D eigenvalue weighted by Crippen LogP contribution is 2.25. The fourth-order valence-electron chi connectivity index (χ4n) is 2.08. The molecule has 0 saturated carbocycles. The first-order valence-corrected chi connectivity index (χ1v) is 6.83. The zero-order chi connectivity index (χ0) is 13.1. The highest BCUT2D eigenvalue weighted by atomic mass is 79.9. The van der Waals surface area contributed by atoms with Gasteiger partial charge in [-0.25, -0.2) is 0 Å². The van der Waals surface area contributed by atoms with Crippen molar-refractivity contribution in [1.29, 1.82) is 0 Å². The molecular weight excluding hydrogens is 296 g/mol. The van der Waals surface area contributed by atoms with Crippen molar-refractivity contribution in [2.75, 3.05) is 33.2 Å². The molecule has 1 aliphatic heterocycles. The molecular formula is C13H17BrN2O2. The summed E-state index contributed by atoms with van der Waals surface area (Å²) in [4.78, 5) is 16.4. The summed E-state index contributed by atoms with van der Waals surface area (Å²) in [5, 5.41) is 9.62. The van der Waals surface area contributed by atoms with Gasteiger partial charge < -0.3 is 14.9 Å². The van der Waals surface area contributed by atoms with E-state index in [-0.39, 0.29) is 11.7 Å². The minimum atomic E-state index is -0.00639. The van der Waals surface area contributed by atoms with E-state index >= 15 is 0 Å². The van der Waals surface area contributed by atoms with Crippen LogP contribution in [0.3, 0.4) is 0 Å². The zero-order valence-electron chi connectivity index (χ0n) is 10.4. The molecule has 0 spiro atoms. The number of amides is 1. The first-order valence-electron chi connectivity index (χ1n) is 6.04. The van der Waals surface area contributed by atoms with E-state index in [1.807, 2.05) is 4.90 Å². The number of halogens is 1. The van der Waals surface area contributed by atoms with E-state index in [0.717, 1.165) is 32.6 Å². The van der Waals surface area contributed by atoms with E-state index in [4.69, 9.17) is 0 Å². The van der Waals surface area contributed by atoms with Gasteiger partial charge in [-0.1, -0.05) is 0 Å². The third-order valence-electron chi connectivity index (χ3n) is 3.20. The summed E-state index contributed by atoms with van der Waals surface area (Å²) in [7, 11) is 2.07. The van der Waals surface area contributed by atoms with Crippen molar-refractivity contribution >= 4 is 21.8 Å². The summed E-state index contributed by atoms with van der Waals surface area (Å²) in [6.45, 7) is 3.44. The lowest BCUT2D eigenvalue weighted by molar-refractivity contribution is 0.0762. The van der Waals surface area contributed by atoms with Crippen LogP contribution in [0.15, 0.2) is 22.7 Å². The topological polar surface area (TPSA) is 43.8 Å². The average Bonchev–Trinajstić information content (AvgIpc) is 2.57. The number of nitrogens with zero attached hydrogens (tertiary/aromatic N) is 2.